The van der Waals surface area contributed by atoms with Crippen LogP contribution in [0.3, 0.4) is 0 Å². The molecule has 0 spiro atoms. The molecule has 0 radical (unpaired) electrons. The summed E-state index contributed by atoms with van der Waals surface area (Å²) in [7, 11) is 1.92. The van der Waals surface area contributed by atoms with Gasteiger partial charge in [0.1, 0.15) is 0 Å². The molecule has 0 unspecified atom stereocenters. The standard InChI is InChI=1S/C13H14N2/c1-14-12-7-5-11(6-8-12)10-13-4-2-3-9-15-13/h2-9,14H,10H2,1H3. The molecule has 0 saturated heterocycles. The van der Waals surface area contributed by atoms with Crippen molar-refractivity contribution in [1.82, 2.24) is 4.98 Å². The van der Waals surface area contributed by atoms with Crippen molar-refractivity contribution in [2.45, 2.75) is 6.42 Å². The first-order valence-corrected chi connectivity index (χ1v) is 5.05. The zero-order valence-corrected chi connectivity index (χ0v) is 8.77. The lowest BCUT2D eigenvalue weighted by molar-refractivity contribution is 1.07. The van der Waals surface area contributed by atoms with Crippen molar-refractivity contribution in [2.75, 3.05) is 12.4 Å². The molecule has 0 aliphatic carbocycles. The number of nitrogens with zero attached hydrogens (tertiary/aromatic N) is 1. The predicted molar refractivity (Wildman–Crippen MR) is 63.0 cm³/mol. The van der Waals surface area contributed by atoms with Crippen LogP contribution in [0.1, 0.15) is 11.3 Å². The molecule has 1 aromatic heterocycles. The highest BCUT2D eigenvalue weighted by atomic mass is 14.8. The second-order valence-corrected chi connectivity index (χ2v) is 3.44. The van der Waals surface area contributed by atoms with Gasteiger partial charge >= 0.3 is 0 Å². The number of nitrogens with one attached hydrogen (secondary N) is 1. The lowest BCUT2D eigenvalue weighted by Crippen LogP contribution is -1.92. The summed E-state index contributed by atoms with van der Waals surface area (Å²) in [5.74, 6) is 0. The molecule has 1 aromatic carbocycles. The summed E-state index contributed by atoms with van der Waals surface area (Å²) in [6.07, 6.45) is 2.72. The minimum Gasteiger partial charge on any atom is -0.388 e. The van der Waals surface area contributed by atoms with Gasteiger partial charge in [-0.1, -0.05) is 18.2 Å². The maximum absolute atomic E-state index is 4.30. The third-order valence-electron chi connectivity index (χ3n) is 2.35. The predicted octanol–water partition coefficient (Wildman–Crippen LogP) is 2.71. The van der Waals surface area contributed by atoms with Crippen LogP contribution in [-0.2, 0) is 6.42 Å². The molecular formula is C13H14N2. The van der Waals surface area contributed by atoms with Gasteiger partial charge in [-0.25, -0.2) is 0 Å². The van der Waals surface area contributed by atoms with Gasteiger partial charge < -0.3 is 5.32 Å². The smallest absolute Gasteiger partial charge is 0.0447 e. The third-order valence-corrected chi connectivity index (χ3v) is 2.35. The Morgan fingerprint density at radius 1 is 1.07 bits per heavy atom. The lowest BCUT2D eigenvalue weighted by Gasteiger charge is -2.03. The van der Waals surface area contributed by atoms with Crippen molar-refractivity contribution in [1.29, 1.82) is 0 Å². The summed E-state index contributed by atoms with van der Waals surface area (Å²) >= 11 is 0. The Kier molecular flexibility index (Phi) is 2.98. The molecule has 0 saturated carbocycles. The van der Waals surface area contributed by atoms with Crippen molar-refractivity contribution >= 4 is 5.69 Å². The average Bonchev–Trinajstić information content (AvgIpc) is 2.31. The van der Waals surface area contributed by atoms with Gasteiger partial charge in [0.15, 0.2) is 0 Å². The minimum atomic E-state index is 0.894. The fraction of sp³-hybridized carbons (Fsp3) is 0.154. The van der Waals surface area contributed by atoms with E-state index in [1.165, 1.54) is 5.56 Å². The van der Waals surface area contributed by atoms with E-state index in [0.717, 1.165) is 17.8 Å². The van der Waals surface area contributed by atoms with E-state index in [2.05, 4.69) is 34.6 Å². The third kappa shape index (κ3) is 2.56. The van der Waals surface area contributed by atoms with Crippen LogP contribution in [0.15, 0.2) is 48.7 Å². The molecule has 1 heterocycles. The van der Waals surface area contributed by atoms with Crippen LogP contribution in [0.5, 0.6) is 0 Å². The van der Waals surface area contributed by atoms with Crippen LogP contribution in [-0.4, -0.2) is 12.0 Å². The summed E-state index contributed by atoms with van der Waals surface area (Å²) in [5.41, 5.74) is 3.53. The molecule has 1 N–H and O–H groups in total. The molecule has 0 bridgehead atoms. The van der Waals surface area contributed by atoms with E-state index in [-0.39, 0.29) is 0 Å². The molecule has 15 heavy (non-hydrogen) atoms. The minimum absolute atomic E-state index is 0.894. The maximum atomic E-state index is 4.30. The Balaban J connectivity index is 2.11. The number of pyridine rings is 1. The average molecular weight is 198 g/mol. The van der Waals surface area contributed by atoms with Crippen LogP contribution in [0.4, 0.5) is 5.69 Å². The molecule has 0 aliphatic heterocycles. The first kappa shape index (κ1) is 9.71. The number of benzene rings is 1. The van der Waals surface area contributed by atoms with E-state index in [1.807, 2.05) is 31.4 Å². The Morgan fingerprint density at radius 2 is 1.87 bits per heavy atom. The summed E-state index contributed by atoms with van der Waals surface area (Å²) in [6, 6.07) is 14.4. The molecule has 2 nitrogen and oxygen atoms in total. The normalized spacial score (nSPS) is 9.93. The van der Waals surface area contributed by atoms with Gasteiger partial charge in [-0.3, -0.25) is 4.98 Å². The Labute approximate surface area is 90.0 Å². The van der Waals surface area contributed by atoms with Crippen LogP contribution in [0, 0.1) is 0 Å². The Morgan fingerprint density at radius 3 is 2.47 bits per heavy atom. The van der Waals surface area contributed by atoms with E-state index in [9.17, 15) is 0 Å². The van der Waals surface area contributed by atoms with Gasteiger partial charge in [-0.2, -0.15) is 0 Å². The van der Waals surface area contributed by atoms with Crippen molar-refractivity contribution in [2.24, 2.45) is 0 Å². The van der Waals surface area contributed by atoms with Gasteiger partial charge in [0.2, 0.25) is 0 Å². The van der Waals surface area contributed by atoms with Gasteiger partial charge in [0.25, 0.3) is 0 Å². The van der Waals surface area contributed by atoms with Gasteiger partial charge in [0, 0.05) is 31.0 Å². The zero-order chi connectivity index (χ0) is 10.5. The number of anilines is 1. The molecule has 0 fully saturated rings. The van der Waals surface area contributed by atoms with Crippen LogP contribution in [0.2, 0.25) is 0 Å². The summed E-state index contributed by atoms with van der Waals surface area (Å²) in [6.45, 7) is 0. The van der Waals surface area contributed by atoms with E-state index < -0.39 is 0 Å². The molecule has 0 atom stereocenters. The highest BCUT2D eigenvalue weighted by molar-refractivity contribution is 5.44. The highest BCUT2D eigenvalue weighted by Gasteiger charge is 1.96. The second kappa shape index (κ2) is 4.60. The second-order valence-electron chi connectivity index (χ2n) is 3.44. The van der Waals surface area contributed by atoms with Crippen molar-refractivity contribution in [3.05, 3.63) is 59.9 Å². The first-order valence-electron chi connectivity index (χ1n) is 5.05. The summed E-state index contributed by atoms with van der Waals surface area (Å²) in [5, 5.41) is 3.10. The van der Waals surface area contributed by atoms with E-state index in [0.29, 0.717) is 0 Å². The molecule has 76 valence electrons. The Bertz CT molecular complexity index is 406. The van der Waals surface area contributed by atoms with Crippen molar-refractivity contribution in [3.8, 4) is 0 Å². The van der Waals surface area contributed by atoms with Gasteiger partial charge in [-0.15, -0.1) is 0 Å². The fourth-order valence-corrected chi connectivity index (χ4v) is 1.50. The number of rotatable bonds is 3. The molecule has 2 heteroatoms. The molecule has 2 aromatic rings. The van der Waals surface area contributed by atoms with Crippen molar-refractivity contribution < 1.29 is 0 Å². The largest absolute Gasteiger partial charge is 0.388 e. The van der Waals surface area contributed by atoms with Gasteiger partial charge in [-0.05, 0) is 29.8 Å². The molecule has 0 aliphatic rings. The number of hydrogen-bond acceptors (Lipinski definition) is 2. The zero-order valence-electron chi connectivity index (χ0n) is 8.77. The lowest BCUT2D eigenvalue weighted by atomic mass is 10.1. The van der Waals surface area contributed by atoms with Gasteiger partial charge in [0.05, 0.1) is 0 Å². The number of hydrogen-bond donors (Lipinski definition) is 1. The molecule has 2 rings (SSSR count). The van der Waals surface area contributed by atoms with Crippen LogP contribution < -0.4 is 5.32 Å². The highest BCUT2D eigenvalue weighted by Crippen LogP contribution is 2.11. The van der Waals surface area contributed by atoms with Crippen molar-refractivity contribution in [3.63, 3.8) is 0 Å². The quantitative estimate of drug-likeness (QED) is 0.820. The van der Waals surface area contributed by atoms with Crippen LogP contribution in [0.25, 0.3) is 0 Å². The summed E-state index contributed by atoms with van der Waals surface area (Å²) < 4.78 is 0. The topological polar surface area (TPSA) is 24.9 Å². The SMILES string of the molecule is CNc1ccc(Cc2ccccn2)cc1. The first-order chi connectivity index (χ1) is 7.38. The number of aromatic nitrogens is 1. The maximum Gasteiger partial charge on any atom is 0.0447 e. The summed E-state index contributed by atoms with van der Waals surface area (Å²) in [4.78, 5) is 4.30. The van der Waals surface area contributed by atoms with E-state index in [4.69, 9.17) is 0 Å². The van der Waals surface area contributed by atoms with E-state index in [1.54, 1.807) is 0 Å². The molecule has 0 amide bonds. The fourth-order valence-electron chi connectivity index (χ4n) is 1.50. The van der Waals surface area contributed by atoms with E-state index >= 15 is 0 Å². The Hall–Kier alpha value is -1.83. The molecular weight excluding hydrogens is 184 g/mol. The van der Waals surface area contributed by atoms with Crippen LogP contribution >= 0.6 is 0 Å². The monoisotopic (exact) mass is 198 g/mol.